The Balaban J connectivity index is 1.51. The van der Waals surface area contributed by atoms with Gasteiger partial charge in [-0.15, -0.1) is 11.3 Å². The van der Waals surface area contributed by atoms with Crippen molar-refractivity contribution in [1.82, 2.24) is 4.90 Å². The van der Waals surface area contributed by atoms with Gasteiger partial charge in [0.2, 0.25) is 5.91 Å². The van der Waals surface area contributed by atoms with Gasteiger partial charge >= 0.3 is 0 Å². The fourth-order valence-corrected chi connectivity index (χ4v) is 6.02. The molecular formula is C19H22N2O4S2. The molecule has 1 aliphatic carbocycles. The molecule has 2 aromatic rings. The summed E-state index contributed by atoms with van der Waals surface area (Å²) in [6.45, 7) is 1.18. The first-order valence-electron chi connectivity index (χ1n) is 9.03. The molecule has 27 heavy (non-hydrogen) atoms. The van der Waals surface area contributed by atoms with Gasteiger partial charge in [0.05, 0.1) is 12.8 Å². The zero-order valence-corrected chi connectivity index (χ0v) is 16.7. The molecule has 0 atom stereocenters. The van der Waals surface area contributed by atoms with Crippen LogP contribution in [0.25, 0.3) is 0 Å². The number of amides is 1. The number of carbonyl (C=O) groups excluding carboxylic acids is 1. The maximum absolute atomic E-state index is 12.8. The molecule has 0 unspecified atom stereocenters. The lowest BCUT2D eigenvalue weighted by Crippen LogP contribution is -2.41. The second-order valence-electron chi connectivity index (χ2n) is 6.99. The fourth-order valence-electron chi connectivity index (χ4n) is 3.43. The molecule has 4 rings (SSSR count). The zero-order chi connectivity index (χ0) is 19.0. The van der Waals surface area contributed by atoms with Crippen molar-refractivity contribution in [1.29, 1.82) is 0 Å². The Morgan fingerprint density at radius 1 is 1.30 bits per heavy atom. The maximum Gasteiger partial charge on any atom is 0.271 e. The normalized spacial score (nSPS) is 17.1. The Morgan fingerprint density at radius 2 is 2.11 bits per heavy atom. The number of hydrogen-bond donors (Lipinski definition) is 1. The molecule has 2 heterocycles. The van der Waals surface area contributed by atoms with Crippen LogP contribution in [0.15, 0.2) is 34.5 Å². The highest BCUT2D eigenvalue weighted by atomic mass is 32.2. The van der Waals surface area contributed by atoms with Crippen molar-refractivity contribution in [3.63, 3.8) is 0 Å². The molecule has 0 saturated heterocycles. The van der Waals surface area contributed by atoms with Crippen LogP contribution in [0.5, 0.6) is 5.75 Å². The lowest BCUT2D eigenvalue weighted by atomic mass is 9.84. The molecule has 1 aromatic heterocycles. The summed E-state index contributed by atoms with van der Waals surface area (Å²) in [4.78, 5) is 15.4. The predicted molar refractivity (Wildman–Crippen MR) is 105 cm³/mol. The summed E-state index contributed by atoms with van der Waals surface area (Å²) < 4.78 is 33.6. The topological polar surface area (TPSA) is 75.7 Å². The first kappa shape index (κ1) is 18.3. The van der Waals surface area contributed by atoms with Gasteiger partial charge in [-0.3, -0.25) is 9.52 Å². The average Bonchev–Trinajstić information content (AvgIpc) is 3.04. The molecule has 1 aliphatic heterocycles. The minimum absolute atomic E-state index is 0.170. The number of carbonyl (C=O) groups is 1. The van der Waals surface area contributed by atoms with Crippen molar-refractivity contribution in [2.24, 2.45) is 5.92 Å². The quantitative estimate of drug-likeness (QED) is 0.827. The Labute approximate surface area is 163 Å². The highest BCUT2D eigenvalue weighted by Gasteiger charge is 2.32. The van der Waals surface area contributed by atoms with Crippen LogP contribution in [0.2, 0.25) is 0 Å². The van der Waals surface area contributed by atoms with E-state index in [-0.39, 0.29) is 16.0 Å². The van der Waals surface area contributed by atoms with Gasteiger partial charge in [0, 0.05) is 30.0 Å². The van der Waals surface area contributed by atoms with Crippen molar-refractivity contribution < 1.29 is 17.9 Å². The van der Waals surface area contributed by atoms with Crippen LogP contribution in [-0.4, -0.2) is 32.9 Å². The first-order valence-corrected chi connectivity index (χ1v) is 11.3. The summed E-state index contributed by atoms with van der Waals surface area (Å²) in [5, 5.41) is 0. The minimum Gasteiger partial charge on any atom is -0.497 e. The number of ether oxygens (including phenoxy) is 1. The standard InChI is InChI=1S/C19H22N2O4S2/c1-25-16-7-3-6-15(11-16)20-27(23,24)18-10-14-12-21(9-8-17(14)26-18)19(22)13-4-2-5-13/h3,6-7,10-11,13,20H,2,4-5,8-9,12H2,1H3. The molecule has 0 spiro atoms. The van der Waals surface area contributed by atoms with E-state index in [1.54, 1.807) is 30.3 Å². The molecular weight excluding hydrogens is 384 g/mol. The Kier molecular flexibility index (Phi) is 4.86. The average molecular weight is 407 g/mol. The number of nitrogens with one attached hydrogen (secondary N) is 1. The van der Waals surface area contributed by atoms with Crippen LogP contribution in [0, 0.1) is 5.92 Å². The molecule has 2 aliphatic rings. The van der Waals surface area contributed by atoms with Crippen LogP contribution in [0.1, 0.15) is 29.7 Å². The Morgan fingerprint density at radius 3 is 2.81 bits per heavy atom. The molecule has 0 bridgehead atoms. The van der Waals surface area contributed by atoms with Gasteiger partial charge < -0.3 is 9.64 Å². The van der Waals surface area contributed by atoms with Gasteiger partial charge in [-0.25, -0.2) is 8.42 Å². The van der Waals surface area contributed by atoms with Crippen LogP contribution in [-0.2, 0) is 27.8 Å². The maximum atomic E-state index is 12.8. The highest BCUT2D eigenvalue weighted by molar-refractivity contribution is 7.94. The van der Waals surface area contributed by atoms with Gasteiger partial charge in [-0.05, 0) is 43.0 Å². The molecule has 0 radical (unpaired) electrons. The Hall–Kier alpha value is -2.06. The van der Waals surface area contributed by atoms with E-state index in [0.717, 1.165) is 29.7 Å². The van der Waals surface area contributed by atoms with Gasteiger partial charge in [-0.2, -0.15) is 0 Å². The minimum atomic E-state index is -3.67. The Bertz CT molecular complexity index is 964. The predicted octanol–water partition coefficient (Wildman–Crippen LogP) is 3.24. The largest absolute Gasteiger partial charge is 0.497 e. The summed E-state index contributed by atoms with van der Waals surface area (Å²) in [7, 11) is -2.13. The SMILES string of the molecule is COc1cccc(NS(=O)(=O)c2cc3c(s2)CCN(C(=O)C2CCC2)C3)c1. The number of thiophene rings is 1. The summed E-state index contributed by atoms with van der Waals surface area (Å²) in [6, 6.07) is 8.54. The van der Waals surface area contributed by atoms with E-state index in [9.17, 15) is 13.2 Å². The number of benzene rings is 1. The van der Waals surface area contributed by atoms with E-state index in [2.05, 4.69) is 4.72 Å². The number of rotatable bonds is 5. The van der Waals surface area contributed by atoms with Crippen molar-refractivity contribution in [3.8, 4) is 5.75 Å². The molecule has 144 valence electrons. The van der Waals surface area contributed by atoms with Crippen molar-refractivity contribution in [3.05, 3.63) is 40.8 Å². The van der Waals surface area contributed by atoms with Crippen LogP contribution >= 0.6 is 11.3 Å². The van der Waals surface area contributed by atoms with Crippen LogP contribution in [0.4, 0.5) is 5.69 Å². The fraction of sp³-hybridized carbons (Fsp3) is 0.421. The van der Waals surface area contributed by atoms with E-state index >= 15 is 0 Å². The second-order valence-corrected chi connectivity index (χ2v) is 10.0. The van der Waals surface area contributed by atoms with Gasteiger partial charge in [0.15, 0.2) is 0 Å². The number of methoxy groups -OCH3 is 1. The lowest BCUT2D eigenvalue weighted by Gasteiger charge is -2.33. The van der Waals surface area contributed by atoms with E-state index in [1.807, 2.05) is 4.90 Å². The van der Waals surface area contributed by atoms with Gasteiger partial charge in [-0.1, -0.05) is 12.5 Å². The monoisotopic (exact) mass is 406 g/mol. The molecule has 1 amide bonds. The molecule has 1 fully saturated rings. The third-order valence-corrected chi connectivity index (χ3v) is 8.29. The molecule has 1 aromatic carbocycles. The number of sulfonamides is 1. The third-order valence-electron chi connectivity index (χ3n) is 5.20. The summed E-state index contributed by atoms with van der Waals surface area (Å²) in [5.74, 6) is 0.978. The number of hydrogen-bond acceptors (Lipinski definition) is 5. The molecule has 1 saturated carbocycles. The third kappa shape index (κ3) is 3.68. The van der Waals surface area contributed by atoms with E-state index in [4.69, 9.17) is 4.74 Å². The van der Waals surface area contributed by atoms with Crippen molar-refractivity contribution in [2.45, 2.75) is 36.4 Å². The zero-order valence-electron chi connectivity index (χ0n) is 15.1. The molecule has 1 N–H and O–H groups in total. The summed E-state index contributed by atoms with van der Waals surface area (Å²) in [5.41, 5.74) is 1.41. The van der Waals surface area contributed by atoms with E-state index in [1.165, 1.54) is 18.4 Å². The highest BCUT2D eigenvalue weighted by Crippen LogP contribution is 2.35. The molecule has 6 nitrogen and oxygen atoms in total. The van der Waals surface area contributed by atoms with Gasteiger partial charge in [0.25, 0.3) is 10.0 Å². The lowest BCUT2D eigenvalue weighted by molar-refractivity contribution is -0.139. The number of fused-ring (bicyclic) bond motifs is 1. The van der Waals surface area contributed by atoms with E-state index in [0.29, 0.717) is 30.9 Å². The first-order chi connectivity index (χ1) is 13.0. The number of anilines is 1. The number of nitrogens with zero attached hydrogens (tertiary/aromatic N) is 1. The van der Waals surface area contributed by atoms with E-state index < -0.39 is 10.0 Å². The van der Waals surface area contributed by atoms with Crippen LogP contribution < -0.4 is 9.46 Å². The second kappa shape index (κ2) is 7.16. The smallest absolute Gasteiger partial charge is 0.271 e. The summed E-state index contributed by atoms with van der Waals surface area (Å²) in [6.07, 6.45) is 3.81. The van der Waals surface area contributed by atoms with Crippen molar-refractivity contribution >= 4 is 33.0 Å². The summed E-state index contributed by atoms with van der Waals surface area (Å²) >= 11 is 1.29. The van der Waals surface area contributed by atoms with Crippen LogP contribution in [0.3, 0.4) is 0 Å². The molecule has 8 heteroatoms. The van der Waals surface area contributed by atoms with Gasteiger partial charge in [0.1, 0.15) is 9.96 Å². The van der Waals surface area contributed by atoms with Crippen molar-refractivity contribution in [2.75, 3.05) is 18.4 Å².